The number of rotatable bonds is 7. The molecule has 1 aliphatic carbocycles. The van der Waals surface area contributed by atoms with Crippen molar-refractivity contribution in [2.75, 3.05) is 19.6 Å². The van der Waals surface area contributed by atoms with Gasteiger partial charge in [0.15, 0.2) is 5.69 Å². The normalized spacial score (nSPS) is 26.8. The first-order valence-electron chi connectivity index (χ1n) is 11.5. The number of amides is 1. The molecule has 9 heteroatoms. The largest absolute Gasteiger partial charge is 0.360 e. The molecule has 0 radical (unpaired) electrons. The number of nitrogens with one attached hydrogen (secondary N) is 2. The van der Waals surface area contributed by atoms with Crippen molar-refractivity contribution in [2.45, 2.75) is 61.8 Å². The Balaban J connectivity index is 1.30. The second-order valence-electron chi connectivity index (χ2n) is 9.20. The molecule has 0 bridgehead atoms. The Morgan fingerprint density at radius 3 is 2.72 bits per heavy atom. The Labute approximate surface area is 188 Å². The number of piperidine rings is 1. The number of carbonyl (C=O) groups excluding carboxylic acids is 1. The fraction of sp³-hybridized carbons (Fsp3) is 0.565. The second-order valence-corrected chi connectivity index (χ2v) is 11.4. The van der Waals surface area contributed by atoms with E-state index in [1.807, 2.05) is 30.3 Å². The summed E-state index contributed by atoms with van der Waals surface area (Å²) in [7, 11) is -3.40. The minimum atomic E-state index is -3.40. The van der Waals surface area contributed by atoms with Crippen molar-refractivity contribution in [1.82, 2.24) is 20.1 Å². The molecule has 2 N–H and O–H groups in total. The Hall–Kier alpha value is -2.23. The zero-order chi connectivity index (χ0) is 22.1. The standard InChI is InChI=1S/C23H30N4O4S/c28-23(21-14-22(31-26-21)17-6-7-17)25-18-9-11-27(32(29,30)20-8-10-24-15-20)19(13-18)12-16-4-2-1-3-5-16/h1-5,14,17-20,24H,6-13,15H2,(H,25,28)/t18-,19-,20?/m0/s1. The average molecular weight is 459 g/mol. The van der Waals surface area contributed by atoms with Gasteiger partial charge in [0.1, 0.15) is 5.76 Å². The van der Waals surface area contributed by atoms with Crippen LogP contribution in [0.5, 0.6) is 0 Å². The molecular weight excluding hydrogens is 428 g/mol. The second kappa shape index (κ2) is 8.96. The number of carbonyl (C=O) groups is 1. The molecule has 2 aromatic rings. The van der Waals surface area contributed by atoms with Crippen LogP contribution in [0, 0.1) is 0 Å². The molecule has 1 unspecified atom stereocenters. The smallest absolute Gasteiger partial charge is 0.273 e. The minimum absolute atomic E-state index is 0.106. The van der Waals surface area contributed by atoms with E-state index in [2.05, 4.69) is 15.8 Å². The van der Waals surface area contributed by atoms with Gasteiger partial charge in [-0.3, -0.25) is 4.79 Å². The molecular formula is C23H30N4O4S. The van der Waals surface area contributed by atoms with E-state index in [1.165, 1.54) is 0 Å². The van der Waals surface area contributed by atoms with E-state index in [4.69, 9.17) is 4.52 Å². The third-order valence-corrected chi connectivity index (χ3v) is 9.19. The summed E-state index contributed by atoms with van der Waals surface area (Å²) in [4.78, 5) is 12.7. The summed E-state index contributed by atoms with van der Waals surface area (Å²) < 4.78 is 33.8. The molecule has 172 valence electrons. The first-order valence-corrected chi connectivity index (χ1v) is 13.0. The summed E-state index contributed by atoms with van der Waals surface area (Å²) in [5.74, 6) is 0.932. The van der Waals surface area contributed by atoms with Gasteiger partial charge in [-0.2, -0.15) is 4.31 Å². The maximum atomic E-state index is 13.4. The van der Waals surface area contributed by atoms with E-state index in [-0.39, 0.29) is 23.2 Å². The molecule has 1 amide bonds. The molecule has 0 spiro atoms. The van der Waals surface area contributed by atoms with Gasteiger partial charge in [0, 0.05) is 37.2 Å². The number of hydrogen-bond donors (Lipinski definition) is 2. The van der Waals surface area contributed by atoms with Gasteiger partial charge in [-0.05, 0) is 50.6 Å². The summed E-state index contributed by atoms with van der Waals surface area (Å²) >= 11 is 0. The lowest BCUT2D eigenvalue weighted by Gasteiger charge is -2.40. The third kappa shape index (κ3) is 4.60. The van der Waals surface area contributed by atoms with Crippen molar-refractivity contribution in [3.05, 3.63) is 53.4 Å². The Kier molecular flexibility index (Phi) is 6.05. The maximum absolute atomic E-state index is 13.4. The van der Waals surface area contributed by atoms with Crippen molar-refractivity contribution in [3.63, 3.8) is 0 Å². The van der Waals surface area contributed by atoms with Crippen LogP contribution in [-0.2, 0) is 16.4 Å². The lowest BCUT2D eigenvalue weighted by Crippen LogP contribution is -2.54. The highest BCUT2D eigenvalue weighted by Gasteiger charge is 2.41. The monoisotopic (exact) mass is 458 g/mol. The predicted octanol–water partition coefficient (Wildman–Crippen LogP) is 2.05. The van der Waals surface area contributed by atoms with Gasteiger partial charge in [0.25, 0.3) is 5.91 Å². The molecule has 3 aliphatic rings. The fourth-order valence-electron chi connectivity index (χ4n) is 4.86. The summed E-state index contributed by atoms with van der Waals surface area (Å²) in [6.07, 6.45) is 4.60. The first-order chi connectivity index (χ1) is 15.5. The van der Waals surface area contributed by atoms with Gasteiger partial charge in [0.2, 0.25) is 10.0 Å². The molecule has 2 saturated heterocycles. The fourth-order valence-corrected chi connectivity index (χ4v) is 6.92. The van der Waals surface area contributed by atoms with E-state index in [0.29, 0.717) is 50.4 Å². The molecule has 1 saturated carbocycles. The molecule has 3 fully saturated rings. The Morgan fingerprint density at radius 2 is 2.00 bits per heavy atom. The van der Waals surface area contributed by atoms with E-state index in [1.54, 1.807) is 10.4 Å². The molecule has 1 aromatic carbocycles. The number of hydrogen-bond acceptors (Lipinski definition) is 6. The van der Waals surface area contributed by atoms with Crippen LogP contribution in [0.1, 0.15) is 59.8 Å². The first kappa shape index (κ1) is 21.6. The lowest BCUT2D eigenvalue weighted by atomic mass is 9.94. The van der Waals surface area contributed by atoms with E-state index >= 15 is 0 Å². The lowest BCUT2D eigenvalue weighted by molar-refractivity contribution is 0.0902. The molecule has 3 heterocycles. The van der Waals surface area contributed by atoms with Gasteiger partial charge < -0.3 is 15.2 Å². The highest BCUT2D eigenvalue weighted by Crippen LogP contribution is 2.40. The van der Waals surface area contributed by atoms with Gasteiger partial charge in [0.05, 0.1) is 5.25 Å². The van der Waals surface area contributed by atoms with Crippen LogP contribution >= 0.6 is 0 Å². The van der Waals surface area contributed by atoms with Gasteiger partial charge in [-0.25, -0.2) is 8.42 Å². The third-order valence-electron chi connectivity index (χ3n) is 6.82. The van der Waals surface area contributed by atoms with Crippen LogP contribution in [0.4, 0.5) is 0 Å². The van der Waals surface area contributed by atoms with Crippen molar-refractivity contribution in [3.8, 4) is 0 Å². The van der Waals surface area contributed by atoms with Crippen LogP contribution in [0.15, 0.2) is 40.9 Å². The van der Waals surface area contributed by atoms with Crippen LogP contribution < -0.4 is 10.6 Å². The zero-order valence-corrected chi connectivity index (χ0v) is 18.9. The summed E-state index contributed by atoms with van der Waals surface area (Å²) in [6.45, 7) is 1.65. The van der Waals surface area contributed by atoms with Crippen LogP contribution in [0.2, 0.25) is 0 Å². The van der Waals surface area contributed by atoms with E-state index in [0.717, 1.165) is 30.7 Å². The number of sulfonamides is 1. The minimum Gasteiger partial charge on any atom is -0.360 e. The van der Waals surface area contributed by atoms with Crippen LogP contribution in [0.25, 0.3) is 0 Å². The molecule has 1 aromatic heterocycles. The van der Waals surface area contributed by atoms with Gasteiger partial charge >= 0.3 is 0 Å². The summed E-state index contributed by atoms with van der Waals surface area (Å²) in [5.41, 5.74) is 1.40. The van der Waals surface area contributed by atoms with Crippen LogP contribution in [-0.4, -0.2) is 60.8 Å². The molecule has 8 nitrogen and oxygen atoms in total. The quantitative estimate of drug-likeness (QED) is 0.658. The van der Waals surface area contributed by atoms with Crippen molar-refractivity contribution >= 4 is 15.9 Å². The van der Waals surface area contributed by atoms with Crippen LogP contribution in [0.3, 0.4) is 0 Å². The molecule has 5 rings (SSSR count). The zero-order valence-electron chi connectivity index (χ0n) is 18.1. The Bertz CT molecular complexity index is 1040. The van der Waals surface area contributed by atoms with Crippen molar-refractivity contribution in [2.24, 2.45) is 0 Å². The SMILES string of the molecule is O=C(N[C@H]1CCN(S(=O)(=O)C2CCNC2)[C@@H](Cc2ccccc2)C1)c1cc(C2CC2)on1. The van der Waals surface area contributed by atoms with Crippen molar-refractivity contribution in [1.29, 1.82) is 0 Å². The average Bonchev–Trinajstić information content (AvgIpc) is 3.27. The summed E-state index contributed by atoms with van der Waals surface area (Å²) in [6, 6.07) is 11.4. The highest BCUT2D eigenvalue weighted by atomic mass is 32.2. The van der Waals surface area contributed by atoms with E-state index in [9.17, 15) is 13.2 Å². The molecule has 3 atom stereocenters. The highest BCUT2D eigenvalue weighted by molar-refractivity contribution is 7.89. The number of nitrogens with zero attached hydrogens (tertiary/aromatic N) is 2. The van der Waals surface area contributed by atoms with E-state index < -0.39 is 10.0 Å². The Morgan fingerprint density at radius 1 is 1.19 bits per heavy atom. The topological polar surface area (TPSA) is 105 Å². The van der Waals surface area contributed by atoms with Crippen molar-refractivity contribution < 1.29 is 17.7 Å². The number of aromatic nitrogens is 1. The summed E-state index contributed by atoms with van der Waals surface area (Å²) in [5, 5.41) is 9.80. The van der Waals surface area contributed by atoms with Gasteiger partial charge in [-0.15, -0.1) is 0 Å². The van der Waals surface area contributed by atoms with Gasteiger partial charge in [-0.1, -0.05) is 35.5 Å². The predicted molar refractivity (Wildman–Crippen MR) is 120 cm³/mol. The maximum Gasteiger partial charge on any atom is 0.273 e. The molecule has 32 heavy (non-hydrogen) atoms. The number of benzene rings is 1. The molecule has 2 aliphatic heterocycles.